The van der Waals surface area contributed by atoms with Gasteiger partial charge in [0.1, 0.15) is 0 Å². The molecule has 2 aromatic rings. The normalized spacial score (nSPS) is 21.5. The van der Waals surface area contributed by atoms with Gasteiger partial charge in [-0.1, -0.05) is 12.1 Å². The Morgan fingerprint density at radius 2 is 2.20 bits per heavy atom. The van der Waals surface area contributed by atoms with Crippen LogP contribution in [0.2, 0.25) is 0 Å². The van der Waals surface area contributed by atoms with Gasteiger partial charge in [0.25, 0.3) is 0 Å². The average Bonchev–Trinajstić information content (AvgIpc) is 2.91. The SMILES string of the molecule is O=S1(=O)CCCC(Nc2cccc(-c3ccn[nH]3)c2)C1. The van der Waals surface area contributed by atoms with E-state index in [9.17, 15) is 8.42 Å². The molecule has 3 rings (SSSR count). The van der Waals surface area contributed by atoms with Gasteiger partial charge < -0.3 is 5.32 Å². The summed E-state index contributed by atoms with van der Waals surface area (Å²) in [6, 6.07) is 9.83. The smallest absolute Gasteiger partial charge is 0.152 e. The molecular weight excluding hydrogens is 274 g/mol. The second-order valence-corrected chi connectivity index (χ2v) is 7.38. The first-order valence-corrected chi connectivity index (χ1v) is 8.51. The lowest BCUT2D eigenvalue weighted by Gasteiger charge is -2.24. The highest BCUT2D eigenvalue weighted by molar-refractivity contribution is 7.91. The molecule has 1 atom stereocenters. The Labute approximate surface area is 118 Å². The minimum absolute atomic E-state index is 0.00534. The standard InChI is InChI=1S/C14H17N3O2S/c18-20(19)8-2-5-13(10-20)16-12-4-1-3-11(9-12)14-6-7-15-17-14/h1,3-4,6-7,9,13,16H,2,5,8,10H2,(H,15,17). The van der Waals surface area contributed by atoms with Gasteiger partial charge >= 0.3 is 0 Å². The number of aromatic amines is 1. The molecule has 5 nitrogen and oxygen atoms in total. The van der Waals surface area contributed by atoms with Crippen LogP contribution < -0.4 is 5.32 Å². The third-order valence-electron chi connectivity index (χ3n) is 3.51. The summed E-state index contributed by atoms with van der Waals surface area (Å²) in [6.07, 6.45) is 3.34. The van der Waals surface area contributed by atoms with Crippen molar-refractivity contribution in [3.05, 3.63) is 36.5 Å². The molecule has 1 aliphatic rings. The minimum Gasteiger partial charge on any atom is -0.381 e. The van der Waals surface area contributed by atoms with Crippen LogP contribution >= 0.6 is 0 Å². The Morgan fingerprint density at radius 3 is 2.95 bits per heavy atom. The molecule has 2 heterocycles. The predicted octanol–water partition coefficient (Wildman–Crippen LogP) is 2.07. The molecule has 0 bridgehead atoms. The molecule has 0 spiro atoms. The maximum Gasteiger partial charge on any atom is 0.152 e. The number of anilines is 1. The first-order valence-electron chi connectivity index (χ1n) is 6.69. The van der Waals surface area contributed by atoms with Crippen LogP contribution in [0.15, 0.2) is 36.5 Å². The number of rotatable bonds is 3. The lowest BCUT2D eigenvalue weighted by Crippen LogP contribution is -2.34. The summed E-state index contributed by atoms with van der Waals surface area (Å²) < 4.78 is 23.3. The number of aromatic nitrogens is 2. The van der Waals surface area contributed by atoms with E-state index in [1.54, 1.807) is 6.20 Å². The number of benzene rings is 1. The third-order valence-corrected chi connectivity index (χ3v) is 5.33. The number of hydrogen-bond donors (Lipinski definition) is 2. The van der Waals surface area contributed by atoms with E-state index >= 15 is 0 Å². The molecule has 0 amide bonds. The van der Waals surface area contributed by atoms with Crippen molar-refractivity contribution < 1.29 is 8.42 Å². The van der Waals surface area contributed by atoms with Crippen molar-refractivity contribution in [1.29, 1.82) is 0 Å². The van der Waals surface area contributed by atoms with Crippen molar-refractivity contribution in [3.63, 3.8) is 0 Å². The van der Waals surface area contributed by atoms with Crippen molar-refractivity contribution >= 4 is 15.5 Å². The molecule has 0 saturated carbocycles. The largest absolute Gasteiger partial charge is 0.381 e. The fourth-order valence-corrected chi connectivity index (χ4v) is 4.20. The van der Waals surface area contributed by atoms with E-state index in [1.807, 2.05) is 30.3 Å². The fraction of sp³-hybridized carbons (Fsp3) is 0.357. The van der Waals surface area contributed by atoms with E-state index in [2.05, 4.69) is 15.5 Å². The van der Waals surface area contributed by atoms with E-state index in [-0.39, 0.29) is 11.8 Å². The Hall–Kier alpha value is -1.82. The van der Waals surface area contributed by atoms with E-state index in [1.165, 1.54) is 0 Å². The molecule has 6 heteroatoms. The van der Waals surface area contributed by atoms with Gasteiger partial charge in [-0.2, -0.15) is 5.10 Å². The summed E-state index contributed by atoms with van der Waals surface area (Å²) in [5, 5.41) is 10.2. The predicted molar refractivity (Wildman–Crippen MR) is 79.3 cm³/mol. The van der Waals surface area contributed by atoms with Crippen LogP contribution in [0.3, 0.4) is 0 Å². The molecule has 1 saturated heterocycles. The number of sulfone groups is 1. The van der Waals surface area contributed by atoms with Gasteiger partial charge in [-0.25, -0.2) is 8.42 Å². The molecule has 1 aromatic carbocycles. The van der Waals surface area contributed by atoms with Gasteiger partial charge in [0.15, 0.2) is 9.84 Å². The minimum atomic E-state index is -2.88. The van der Waals surface area contributed by atoms with Gasteiger partial charge in [0.2, 0.25) is 0 Å². The van der Waals surface area contributed by atoms with Crippen LogP contribution in [0.4, 0.5) is 5.69 Å². The Morgan fingerprint density at radius 1 is 1.30 bits per heavy atom. The first-order chi connectivity index (χ1) is 9.62. The number of nitrogens with zero attached hydrogens (tertiary/aromatic N) is 1. The van der Waals surface area contributed by atoms with Crippen molar-refractivity contribution in [3.8, 4) is 11.3 Å². The summed E-state index contributed by atoms with van der Waals surface area (Å²) in [6.45, 7) is 0. The number of nitrogens with one attached hydrogen (secondary N) is 2. The Kier molecular flexibility index (Phi) is 3.48. The topological polar surface area (TPSA) is 74.8 Å². The zero-order valence-corrected chi connectivity index (χ0v) is 11.9. The van der Waals surface area contributed by atoms with Crippen molar-refractivity contribution in [2.45, 2.75) is 18.9 Å². The number of hydrogen-bond acceptors (Lipinski definition) is 4. The summed E-state index contributed by atoms with van der Waals surface area (Å²) in [7, 11) is -2.88. The lowest BCUT2D eigenvalue weighted by molar-refractivity contribution is 0.562. The van der Waals surface area contributed by atoms with Crippen LogP contribution in [-0.4, -0.2) is 36.2 Å². The van der Waals surface area contributed by atoms with Crippen LogP contribution in [0, 0.1) is 0 Å². The highest BCUT2D eigenvalue weighted by Crippen LogP contribution is 2.22. The molecule has 1 unspecified atom stereocenters. The van der Waals surface area contributed by atoms with Crippen LogP contribution in [-0.2, 0) is 9.84 Å². The molecule has 106 valence electrons. The average molecular weight is 291 g/mol. The Balaban J connectivity index is 1.76. The van der Waals surface area contributed by atoms with E-state index in [0.29, 0.717) is 5.75 Å². The molecule has 0 aliphatic carbocycles. The molecule has 2 N–H and O–H groups in total. The van der Waals surface area contributed by atoms with Gasteiger partial charge in [-0.15, -0.1) is 0 Å². The molecule has 1 fully saturated rings. The van der Waals surface area contributed by atoms with E-state index in [0.717, 1.165) is 29.8 Å². The zero-order valence-electron chi connectivity index (χ0n) is 11.0. The first kappa shape index (κ1) is 13.2. The monoisotopic (exact) mass is 291 g/mol. The van der Waals surface area contributed by atoms with Crippen molar-refractivity contribution in [2.75, 3.05) is 16.8 Å². The van der Waals surface area contributed by atoms with Crippen LogP contribution in [0.5, 0.6) is 0 Å². The summed E-state index contributed by atoms with van der Waals surface area (Å²) in [5.41, 5.74) is 2.93. The van der Waals surface area contributed by atoms with Gasteiger partial charge in [-0.05, 0) is 31.0 Å². The third kappa shape index (κ3) is 3.01. The highest BCUT2D eigenvalue weighted by Gasteiger charge is 2.24. The molecular formula is C14H17N3O2S. The quantitative estimate of drug-likeness (QED) is 0.907. The second-order valence-electron chi connectivity index (χ2n) is 5.15. The molecule has 1 aromatic heterocycles. The summed E-state index contributed by atoms with van der Waals surface area (Å²) in [4.78, 5) is 0. The maximum absolute atomic E-state index is 11.7. The summed E-state index contributed by atoms with van der Waals surface area (Å²) in [5.74, 6) is 0.542. The second kappa shape index (κ2) is 5.28. The van der Waals surface area contributed by atoms with Crippen LogP contribution in [0.25, 0.3) is 11.3 Å². The van der Waals surface area contributed by atoms with Crippen LogP contribution in [0.1, 0.15) is 12.8 Å². The van der Waals surface area contributed by atoms with Gasteiger partial charge in [0.05, 0.1) is 17.2 Å². The molecule has 1 aliphatic heterocycles. The van der Waals surface area contributed by atoms with Gasteiger partial charge in [-0.3, -0.25) is 5.10 Å². The Bertz CT molecular complexity index is 680. The highest BCUT2D eigenvalue weighted by atomic mass is 32.2. The molecule has 0 radical (unpaired) electrons. The van der Waals surface area contributed by atoms with E-state index < -0.39 is 9.84 Å². The van der Waals surface area contributed by atoms with Crippen molar-refractivity contribution in [2.24, 2.45) is 0 Å². The van der Waals surface area contributed by atoms with Gasteiger partial charge in [0, 0.05) is 23.5 Å². The zero-order chi connectivity index (χ0) is 14.0. The lowest BCUT2D eigenvalue weighted by atomic mass is 10.1. The molecule has 20 heavy (non-hydrogen) atoms. The fourth-order valence-electron chi connectivity index (χ4n) is 2.57. The number of H-pyrrole nitrogens is 1. The summed E-state index contributed by atoms with van der Waals surface area (Å²) >= 11 is 0. The maximum atomic E-state index is 11.7. The van der Waals surface area contributed by atoms with Crippen molar-refractivity contribution in [1.82, 2.24) is 10.2 Å². The van der Waals surface area contributed by atoms with E-state index in [4.69, 9.17) is 0 Å².